The number of hydrogen-bond donors (Lipinski definition) is 4. The van der Waals surface area contributed by atoms with Gasteiger partial charge in [0.05, 0.1) is 6.26 Å². The summed E-state index contributed by atoms with van der Waals surface area (Å²) in [6, 6.07) is 19.9. The van der Waals surface area contributed by atoms with Gasteiger partial charge in [-0.25, -0.2) is 17.9 Å². The number of sulfonamides is 1. The number of carbonyl (C=O) groups excluding carboxylic acids is 2. The van der Waals surface area contributed by atoms with Crippen molar-refractivity contribution in [1.82, 2.24) is 10.0 Å². The molecule has 5 N–H and O–H groups in total. The Morgan fingerprint density at radius 1 is 0.974 bits per heavy atom. The summed E-state index contributed by atoms with van der Waals surface area (Å²) in [5, 5.41) is 12.8. The molecule has 0 unspecified atom stereocenters. The molecule has 0 saturated heterocycles. The lowest BCUT2D eigenvalue weighted by Crippen LogP contribution is -2.30. The molecule has 3 aromatic carbocycles. The minimum absolute atomic E-state index is 0.169. The van der Waals surface area contributed by atoms with Gasteiger partial charge in [0.25, 0.3) is 5.91 Å². The molecule has 208 valence electrons. The number of alkyl carbamates (subject to hydrolysis) is 1. The second kappa shape index (κ2) is 13.3. The van der Waals surface area contributed by atoms with E-state index in [1.165, 1.54) is 0 Å². The fourth-order valence-electron chi connectivity index (χ4n) is 4.02. The first kappa shape index (κ1) is 29.7. The van der Waals surface area contributed by atoms with Gasteiger partial charge < -0.3 is 20.9 Å². The largest absolute Gasteiger partial charge is 0.446 e. The van der Waals surface area contributed by atoms with Crippen LogP contribution in [0, 0.1) is 5.92 Å². The van der Waals surface area contributed by atoms with Gasteiger partial charge in [0.15, 0.2) is 0 Å². The molecular formula is C29H35N3O6S. The average Bonchev–Trinajstić information content (AvgIpc) is 2.86. The Hall–Kier alpha value is -3.89. The normalized spacial score (nSPS) is 12.1. The van der Waals surface area contributed by atoms with E-state index in [4.69, 9.17) is 10.5 Å². The number of nitrogens with two attached hydrogens (primary N) is 1. The quantitative estimate of drug-likeness (QED) is 0.264. The first-order valence-electron chi connectivity index (χ1n) is 12.6. The number of rotatable bonds is 11. The monoisotopic (exact) mass is 553 g/mol. The zero-order valence-corrected chi connectivity index (χ0v) is 23.1. The molecule has 2 amide bonds. The molecule has 0 heterocycles. The molecule has 3 rings (SSSR count). The molecule has 39 heavy (non-hydrogen) atoms. The zero-order chi connectivity index (χ0) is 28.6. The van der Waals surface area contributed by atoms with Crippen molar-refractivity contribution in [2.75, 3.05) is 25.1 Å². The number of ether oxygens (including phenoxy) is 1. The minimum Gasteiger partial charge on any atom is -0.446 e. The van der Waals surface area contributed by atoms with Crippen molar-refractivity contribution in [3.63, 3.8) is 0 Å². The molecule has 3 aromatic rings. The smallest absolute Gasteiger partial charge is 0.407 e. The molecule has 10 heteroatoms. The van der Waals surface area contributed by atoms with Crippen LogP contribution in [0.25, 0.3) is 11.1 Å². The third-order valence-electron chi connectivity index (χ3n) is 5.92. The van der Waals surface area contributed by atoms with Gasteiger partial charge in [-0.05, 0) is 64.8 Å². The predicted octanol–water partition coefficient (Wildman–Crippen LogP) is 3.83. The molecule has 0 fully saturated rings. The zero-order valence-electron chi connectivity index (χ0n) is 22.3. The summed E-state index contributed by atoms with van der Waals surface area (Å²) in [6.07, 6.45) is 0.609. The number of carbonyl (C=O) groups is 2. The third-order valence-corrected chi connectivity index (χ3v) is 6.48. The van der Waals surface area contributed by atoms with E-state index in [2.05, 4.69) is 5.32 Å². The summed E-state index contributed by atoms with van der Waals surface area (Å²) >= 11 is 0. The van der Waals surface area contributed by atoms with Crippen LogP contribution in [0.1, 0.15) is 47.0 Å². The van der Waals surface area contributed by atoms with Crippen LogP contribution < -0.4 is 15.8 Å². The maximum Gasteiger partial charge on any atom is 0.407 e. The van der Waals surface area contributed by atoms with Gasteiger partial charge in [-0.15, -0.1) is 0 Å². The van der Waals surface area contributed by atoms with Crippen LogP contribution in [0.4, 0.5) is 10.5 Å². The number of nitrogens with one attached hydrogen (secondary N) is 2. The maximum atomic E-state index is 12.5. The van der Waals surface area contributed by atoms with Crippen molar-refractivity contribution in [1.29, 1.82) is 0 Å². The average molecular weight is 554 g/mol. The molecule has 1 atom stereocenters. The van der Waals surface area contributed by atoms with Crippen LogP contribution in [0.3, 0.4) is 0 Å². The highest BCUT2D eigenvalue weighted by Crippen LogP contribution is 2.25. The third kappa shape index (κ3) is 9.42. The Morgan fingerprint density at radius 2 is 1.62 bits per heavy atom. The van der Waals surface area contributed by atoms with Crippen LogP contribution in [-0.2, 0) is 27.6 Å². The van der Waals surface area contributed by atoms with E-state index in [0.717, 1.165) is 28.5 Å². The molecule has 9 nitrogen and oxygen atoms in total. The van der Waals surface area contributed by atoms with Crippen molar-refractivity contribution < 1.29 is 27.9 Å². The second-order valence-corrected chi connectivity index (χ2v) is 11.6. The molecule has 0 radical (unpaired) electrons. The summed E-state index contributed by atoms with van der Waals surface area (Å²) < 4.78 is 30.2. The second-order valence-electron chi connectivity index (χ2n) is 9.83. The van der Waals surface area contributed by atoms with E-state index in [0.29, 0.717) is 36.2 Å². The lowest BCUT2D eigenvalue weighted by Gasteiger charge is -2.14. The number of aliphatic hydroxyl groups is 1. The molecule has 0 spiro atoms. The van der Waals surface area contributed by atoms with Crippen LogP contribution in [-0.4, -0.2) is 44.9 Å². The number of hydrogen-bond acceptors (Lipinski definition) is 7. The van der Waals surface area contributed by atoms with Crippen LogP contribution >= 0.6 is 0 Å². The first-order chi connectivity index (χ1) is 18.4. The maximum absolute atomic E-state index is 12.5. The Labute approximate surface area is 229 Å². The number of nitrogen functional groups attached to an aromatic ring is 1. The highest BCUT2D eigenvalue weighted by Gasteiger charge is 2.17. The summed E-state index contributed by atoms with van der Waals surface area (Å²) in [7, 11) is -3.67. The van der Waals surface area contributed by atoms with Gasteiger partial charge in [-0.3, -0.25) is 4.79 Å². The van der Waals surface area contributed by atoms with Gasteiger partial charge in [-0.1, -0.05) is 62.4 Å². The van der Waals surface area contributed by atoms with Gasteiger partial charge in [0.2, 0.25) is 10.0 Å². The van der Waals surface area contributed by atoms with Gasteiger partial charge >= 0.3 is 6.09 Å². The van der Waals surface area contributed by atoms with Crippen molar-refractivity contribution in [3.8, 4) is 11.1 Å². The lowest BCUT2D eigenvalue weighted by atomic mass is 9.93. The van der Waals surface area contributed by atoms with Crippen molar-refractivity contribution >= 4 is 27.7 Å². The predicted molar refractivity (Wildman–Crippen MR) is 152 cm³/mol. The van der Waals surface area contributed by atoms with E-state index >= 15 is 0 Å². The molecule has 0 aliphatic heterocycles. The highest BCUT2D eigenvalue weighted by molar-refractivity contribution is 7.89. The van der Waals surface area contributed by atoms with E-state index in [1.807, 2.05) is 48.9 Å². The Kier molecular flexibility index (Phi) is 10.1. The number of aliphatic hydroxyl groups excluding tert-OH is 1. The fraction of sp³-hybridized carbons (Fsp3) is 0.310. The molecule has 0 aliphatic carbocycles. The molecular weight excluding hydrogens is 518 g/mol. The topological polar surface area (TPSA) is 148 Å². The number of amides is 2. The van der Waals surface area contributed by atoms with Gasteiger partial charge in [0.1, 0.15) is 12.7 Å². The van der Waals surface area contributed by atoms with E-state index in [1.54, 1.807) is 36.4 Å². The summed E-state index contributed by atoms with van der Waals surface area (Å²) in [6.45, 7) is 4.26. The lowest BCUT2D eigenvalue weighted by molar-refractivity contribution is 0.0682. The Balaban J connectivity index is 1.56. The van der Waals surface area contributed by atoms with E-state index in [-0.39, 0.29) is 12.5 Å². The molecule has 0 aromatic heterocycles. The van der Waals surface area contributed by atoms with Crippen molar-refractivity contribution in [2.24, 2.45) is 5.92 Å². The number of benzene rings is 3. The standard InChI is InChI=1S/C29H35N3O6S/c1-19(2)16-24-17-23(10-13-26(24)28(34)32-39(3,36)37)21-6-4-20(5-7-21)14-15-31-29(35)38-18-27(33)22-8-11-25(30)12-9-22/h4-13,17,19,27,33H,14-16,18,30H2,1-3H3,(H,31,35)(H,32,34)/t27-/m0/s1. The first-order valence-corrected chi connectivity index (χ1v) is 14.5. The van der Waals surface area contributed by atoms with Crippen LogP contribution in [0.5, 0.6) is 0 Å². The van der Waals surface area contributed by atoms with E-state index in [9.17, 15) is 23.1 Å². The number of anilines is 1. The minimum atomic E-state index is -3.67. The Bertz CT molecular complexity index is 1390. The van der Waals surface area contributed by atoms with Crippen LogP contribution in [0.2, 0.25) is 0 Å². The van der Waals surface area contributed by atoms with Crippen molar-refractivity contribution in [2.45, 2.75) is 32.8 Å². The van der Waals surface area contributed by atoms with Gasteiger partial charge in [-0.2, -0.15) is 0 Å². The molecule has 0 saturated carbocycles. The summed E-state index contributed by atoms with van der Waals surface area (Å²) in [4.78, 5) is 24.5. The Morgan fingerprint density at radius 3 is 2.23 bits per heavy atom. The molecule has 0 bridgehead atoms. The summed E-state index contributed by atoms with van der Waals surface area (Å²) in [5.74, 6) is -0.367. The van der Waals surface area contributed by atoms with Crippen molar-refractivity contribution in [3.05, 3.63) is 89.0 Å². The highest BCUT2D eigenvalue weighted by atomic mass is 32.2. The van der Waals surface area contributed by atoms with Gasteiger partial charge in [0, 0.05) is 17.8 Å². The molecule has 0 aliphatic rings. The van der Waals surface area contributed by atoms with E-state index < -0.39 is 28.1 Å². The fourth-order valence-corrected chi connectivity index (χ4v) is 4.47. The SMILES string of the molecule is CC(C)Cc1cc(-c2ccc(CCNC(=O)OC[C@H](O)c3ccc(N)cc3)cc2)ccc1C(=O)NS(C)(=O)=O. The van der Waals surface area contributed by atoms with Crippen LogP contribution in [0.15, 0.2) is 66.7 Å². The summed E-state index contributed by atoms with van der Waals surface area (Å²) in [5.41, 5.74) is 10.8.